The maximum Gasteiger partial charge on any atom is 0.0720 e. The van der Waals surface area contributed by atoms with Crippen LogP contribution in [0, 0.1) is 3.57 Å². The van der Waals surface area contributed by atoms with E-state index in [-0.39, 0.29) is 6.04 Å². The average Bonchev–Trinajstić information content (AvgIpc) is 2.33. The largest absolute Gasteiger partial charge is 0.376 e. The summed E-state index contributed by atoms with van der Waals surface area (Å²) in [5.41, 5.74) is 2.09. The molecule has 1 aromatic heterocycles. The van der Waals surface area contributed by atoms with Crippen molar-refractivity contribution in [1.82, 2.24) is 4.98 Å². The molecule has 4 heteroatoms. The fourth-order valence-electron chi connectivity index (χ4n) is 1.55. The minimum absolute atomic E-state index is 0.202. The lowest BCUT2D eigenvalue weighted by Gasteiger charge is -2.16. The quantitative estimate of drug-likeness (QED) is 0.817. The summed E-state index contributed by atoms with van der Waals surface area (Å²) >= 11 is 8.37. The first kappa shape index (κ1) is 12.6. The number of benzene rings is 1. The van der Waals surface area contributed by atoms with Crippen molar-refractivity contribution in [1.29, 1.82) is 0 Å². The summed E-state index contributed by atoms with van der Waals surface area (Å²) in [5, 5.41) is 4.04. The Balaban J connectivity index is 2.14. The molecule has 0 bridgehead atoms. The summed E-state index contributed by atoms with van der Waals surface area (Å²) in [6.45, 7) is 2.10. The standard InChI is InChI=1S/C13H12ClIN2/c1-9(10-2-4-11(15)5-3-10)17-13-8-16-7-6-12(13)14/h2-9,17H,1H3. The molecule has 1 aromatic carbocycles. The summed E-state index contributed by atoms with van der Waals surface area (Å²) in [5.74, 6) is 0. The first-order valence-electron chi connectivity index (χ1n) is 5.28. The van der Waals surface area contributed by atoms with E-state index in [0.717, 1.165) is 5.69 Å². The molecule has 0 amide bonds. The van der Waals surface area contributed by atoms with Crippen LogP contribution >= 0.6 is 34.2 Å². The zero-order chi connectivity index (χ0) is 12.3. The Hall–Kier alpha value is -0.810. The van der Waals surface area contributed by atoms with Gasteiger partial charge in [-0.15, -0.1) is 0 Å². The van der Waals surface area contributed by atoms with Gasteiger partial charge in [0.1, 0.15) is 0 Å². The lowest BCUT2D eigenvalue weighted by molar-refractivity contribution is 0.882. The van der Waals surface area contributed by atoms with Gasteiger partial charge in [0.15, 0.2) is 0 Å². The van der Waals surface area contributed by atoms with Gasteiger partial charge in [-0.3, -0.25) is 4.98 Å². The van der Waals surface area contributed by atoms with E-state index < -0.39 is 0 Å². The molecular weight excluding hydrogens is 347 g/mol. The van der Waals surface area contributed by atoms with E-state index in [9.17, 15) is 0 Å². The molecule has 0 aliphatic heterocycles. The molecule has 88 valence electrons. The van der Waals surface area contributed by atoms with Gasteiger partial charge in [-0.2, -0.15) is 0 Å². The second-order valence-corrected chi connectivity index (χ2v) is 5.43. The molecule has 0 fully saturated rings. The zero-order valence-corrected chi connectivity index (χ0v) is 12.2. The van der Waals surface area contributed by atoms with Gasteiger partial charge in [0.25, 0.3) is 0 Å². The Kier molecular flexibility index (Phi) is 4.23. The summed E-state index contributed by atoms with van der Waals surface area (Å²) in [7, 11) is 0. The molecule has 0 saturated heterocycles. The molecule has 2 nitrogen and oxygen atoms in total. The third-order valence-electron chi connectivity index (χ3n) is 2.51. The molecule has 1 N–H and O–H groups in total. The van der Waals surface area contributed by atoms with Gasteiger partial charge in [0, 0.05) is 15.8 Å². The maximum atomic E-state index is 6.08. The second kappa shape index (κ2) is 5.69. The Morgan fingerprint density at radius 3 is 2.59 bits per heavy atom. The van der Waals surface area contributed by atoms with Crippen LogP contribution in [0.1, 0.15) is 18.5 Å². The molecule has 1 heterocycles. The Bertz CT molecular complexity index is 499. The van der Waals surface area contributed by atoms with Gasteiger partial charge in [-0.1, -0.05) is 23.7 Å². The van der Waals surface area contributed by atoms with E-state index in [1.165, 1.54) is 9.13 Å². The number of nitrogens with zero attached hydrogens (tertiary/aromatic N) is 1. The minimum Gasteiger partial charge on any atom is -0.376 e. The Labute approximate surface area is 120 Å². The Morgan fingerprint density at radius 1 is 1.24 bits per heavy atom. The molecule has 0 saturated carbocycles. The number of nitrogens with one attached hydrogen (secondary N) is 1. The van der Waals surface area contributed by atoms with Gasteiger partial charge in [0.05, 0.1) is 16.9 Å². The first-order valence-corrected chi connectivity index (χ1v) is 6.74. The van der Waals surface area contributed by atoms with Crippen LogP contribution in [0.25, 0.3) is 0 Å². The predicted molar refractivity (Wildman–Crippen MR) is 80.4 cm³/mol. The van der Waals surface area contributed by atoms with Crippen molar-refractivity contribution in [3.63, 3.8) is 0 Å². The fraction of sp³-hybridized carbons (Fsp3) is 0.154. The highest BCUT2D eigenvalue weighted by atomic mass is 127. The van der Waals surface area contributed by atoms with E-state index in [1.54, 1.807) is 18.5 Å². The molecule has 17 heavy (non-hydrogen) atoms. The van der Waals surface area contributed by atoms with Crippen LogP contribution < -0.4 is 5.32 Å². The minimum atomic E-state index is 0.202. The van der Waals surface area contributed by atoms with E-state index in [1.807, 2.05) is 0 Å². The van der Waals surface area contributed by atoms with Gasteiger partial charge in [-0.25, -0.2) is 0 Å². The second-order valence-electron chi connectivity index (χ2n) is 3.77. The highest BCUT2D eigenvalue weighted by molar-refractivity contribution is 14.1. The number of anilines is 1. The molecule has 0 aliphatic carbocycles. The average molecular weight is 359 g/mol. The van der Waals surface area contributed by atoms with Crippen molar-refractivity contribution in [3.8, 4) is 0 Å². The molecule has 0 spiro atoms. The number of hydrogen-bond donors (Lipinski definition) is 1. The van der Waals surface area contributed by atoms with Crippen molar-refractivity contribution in [2.75, 3.05) is 5.32 Å². The smallest absolute Gasteiger partial charge is 0.0720 e. The van der Waals surface area contributed by atoms with Crippen molar-refractivity contribution in [3.05, 3.63) is 56.9 Å². The van der Waals surface area contributed by atoms with Gasteiger partial charge >= 0.3 is 0 Å². The molecule has 0 radical (unpaired) electrons. The summed E-state index contributed by atoms with van der Waals surface area (Å²) in [6.07, 6.45) is 3.43. The van der Waals surface area contributed by atoms with Gasteiger partial charge in [0.2, 0.25) is 0 Å². The number of pyridine rings is 1. The summed E-state index contributed by atoms with van der Waals surface area (Å²) < 4.78 is 1.23. The fourth-order valence-corrected chi connectivity index (χ4v) is 2.07. The van der Waals surface area contributed by atoms with E-state index in [2.05, 4.69) is 64.1 Å². The molecule has 2 rings (SSSR count). The first-order chi connectivity index (χ1) is 8.16. The van der Waals surface area contributed by atoms with E-state index in [4.69, 9.17) is 11.6 Å². The third-order valence-corrected chi connectivity index (χ3v) is 3.56. The molecule has 2 aromatic rings. The SMILES string of the molecule is CC(Nc1cnccc1Cl)c1ccc(I)cc1. The normalized spacial score (nSPS) is 12.2. The topological polar surface area (TPSA) is 24.9 Å². The lowest BCUT2D eigenvalue weighted by atomic mass is 10.1. The monoisotopic (exact) mass is 358 g/mol. The van der Waals surface area contributed by atoms with E-state index >= 15 is 0 Å². The van der Waals surface area contributed by atoms with Crippen LogP contribution in [0.5, 0.6) is 0 Å². The summed E-state index contributed by atoms with van der Waals surface area (Å²) in [4.78, 5) is 4.06. The lowest BCUT2D eigenvalue weighted by Crippen LogP contribution is -2.07. The van der Waals surface area contributed by atoms with Gasteiger partial charge in [-0.05, 0) is 53.3 Å². The molecule has 0 aliphatic rings. The van der Waals surface area contributed by atoms with Crippen LogP contribution in [-0.2, 0) is 0 Å². The van der Waals surface area contributed by atoms with Crippen LogP contribution in [-0.4, -0.2) is 4.98 Å². The predicted octanol–water partition coefficient (Wildman–Crippen LogP) is 4.51. The summed E-state index contributed by atoms with van der Waals surface area (Å²) in [6, 6.07) is 10.4. The van der Waals surface area contributed by atoms with Crippen molar-refractivity contribution in [2.45, 2.75) is 13.0 Å². The van der Waals surface area contributed by atoms with Crippen molar-refractivity contribution in [2.24, 2.45) is 0 Å². The van der Waals surface area contributed by atoms with Crippen molar-refractivity contribution >= 4 is 39.9 Å². The van der Waals surface area contributed by atoms with Crippen molar-refractivity contribution < 1.29 is 0 Å². The zero-order valence-electron chi connectivity index (χ0n) is 9.32. The van der Waals surface area contributed by atoms with E-state index in [0.29, 0.717) is 5.02 Å². The van der Waals surface area contributed by atoms with Gasteiger partial charge < -0.3 is 5.32 Å². The molecular formula is C13H12ClIN2. The highest BCUT2D eigenvalue weighted by Gasteiger charge is 2.07. The van der Waals surface area contributed by atoms with Crippen LogP contribution in [0.4, 0.5) is 5.69 Å². The van der Waals surface area contributed by atoms with Crippen LogP contribution in [0.15, 0.2) is 42.7 Å². The van der Waals surface area contributed by atoms with Crippen LogP contribution in [0.2, 0.25) is 5.02 Å². The number of aromatic nitrogens is 1. The molecule has 1 unspecified atom stereocenters. The third kappa shape index (κ3) is 3.33. The number of rotatable bonds is 3. The number of hydrogen-bond acceptors (Lipinski definition) is 2. The molecule has 1 atom stereocenters. The highest BCUT2D eigenvalue weighted by Crippen LogP contribution is 2.25. The Morgan fingerprint density at radius 2 is 1.94 bits per heavy atom. The number of halogens is 2. The van der Waals surface area contributed by atoms with Crippen LogP contribution in [0.3, 0.4) is 0 Å². The maximum absolute atomic E-state index is 6.08.